The molecule has 2 heterocycles. The van der Waals surface area contributed by atoms with Crippen molar-refractivity contribution in [3.63, 3.8) is 0 Å². The Balaban J connectivity index is 1.80. The summed E-state index contributed by atoms with van der Waals surface area (Å²) in [7, 11) is 1.88. The maximum atomic E-state index is 12.8. The highest BCUT2D eigenvalue weighted by Gasteiger charge is 2.20. The summed E-state index contributed by atoms with van der Waals surface area (Å²) in [5.41, 5.74) is 5.44. The highest BCUT2D eigenvalue weighted by molar-refractivity contribution is 5.87. The third kappa shape index (κ3) is 3.04. The van der Waals surface area contributed by atoms with Crippen molar-refractivity contribution in [3.8, 4) is 0 Å². The van der Waals surface area contributed by atoms with Crippen LogP contribution in [0, 0.1) is 13.8 Å². The predicted molar refractivity (Wildman–Crippen MR) is 96.9 cm³/mol. The van der Waals surface area contributed by atoms with E-state index < -0.39 is 0 Å². The Bertz CT molecular complexity index is 881. The van der Waals surface area contributed by atoms with E-state index in [4.69, 9.17) is 0 Å². The number of aryl methyl sites for hydroxylation is 2. The maximum absolute atomic E-state index is 12.8. The molecular weight excluding hydrogens is 298 g/mol. The van der Waals surface area contributed by atoms with Gasteiger partial charge in [0.15, 0.2) is 0 Å². The van der Waals surface area contributed by atoms with E-state index in [9.17, 15) is 4.79 Å². The third-order valence-electron chi connectivity index (χ3n) is 4.74. The molecule has 1 amide bonds. The summed E-state index contributed by atoms with van der Waals surface area (Å²) >= 11 is 0. The van der Waals surface area contributed by atoms with Crippen molar-refractivity contribution in [2.45, 2.75) is 33.2 Å². The summed E-state index contributed by atoms with van der Waals surface area (Å²) in [5, 5.41) is 1.01. The maximum Gasteiger partial charge on any atom is 0.227 e. The zero-order chi connectivity index (χ0) is 17.3. The van der Waals surface area contributed by atoms with E-state index in [1.165, 1.54) is 16.7 Å². The number of likely N-dealkylation sites (N-methyl/N-ethyl adjacent to an activating group) is 1. The highest BCUT2D eigenvalue weighted by Crippen LogP contribution is 2.25. The van der Waals surface area contributed by atoms with Crippen LogP contribution < -0.4 is 0 Å². The average molecular weight is 321 g/mol. The number of fused-ring (bicyclic) bond motifs is 1. The van der Waals surface area contributed by atoms with Crippen LogP contribution in [0.5, 0.6) is 0 Å². The van der Waals surface area contributed by atoms with Crippen molar-refractivity contribution in [3.05, 3.63) is 65.0 Å². The van der Waals surface area contributed by atoms with Crippen LogP contribution in [0.4, 0.5) is 0 Å². The fourth-order valence-electron chi connectivity index (χ4n) is 3.08. The molecule has 4 nitrogen and oxygen atoms in total. The van der Waals surface area contributed by atoms with E-state index in [0.29, 0.717) is 6.42 Å². The van der Waals surface area contributed by atoms with Gasteiger partial charge in [0.05, 0.1) is 12.5 Å². The Morgan fingerprint density at radius 1 is 1.29 bits per heavy atom. The van der Waals surface area contributed by atoms with Gasteiger partial charge >= 0.3 is 0 Å². The third-order valence-corrected chi connectivity index (χ3v) is 4.74. The first kappa shape index (κ1) is 16.2. The summed E-state index contributed by atoms with van der Waals surface area (Å²) < 4.78 is 0. The van der Waals surface area contributed by atoms with Crippen LogP contribution in [0.15, 0.2) is 42.7 Å². The number of hydrogen-bond acceptors (Lipinski definition) is 2. The number of nitrogens with one attached hydrogen (secondary N) is 1. The number of nitrogens with zero attached hydrogens (tertiary/aromatic N) is 2. The number of carbonyl (C=O) groups is 1. The molecule has 4 heteroatoms. The van der Waals surface area contributed by atoms with Crippen molar-refractivity contribution >= 4 is 16.9 Å². The van der Waals surface area contributed by atoms with Gasteiger partial charge in [-0.1, -0.05) is 23.8 Å². The molecule has 3 aromatic rings. The summed E-state index contributed by atoms with van der Waals surface area (Å²) in [5.74, 6) is 0.105. The Labute approximate surface area is 142 Å². The van der Waals surface area contributed by atoms with Crippen LogP contribution in [-0.4, -0.2) is 27.8 Å². The zero-order valence-corrected chi connectivity index (χ0v) is 14.6. The van der Waals surface area contributed by atoms with E-state index in [-0.39, 0.29) is 11.9 Å². The highest BCUT2D eigenvalue weighted by atomic mass is 16.2. The van der Waals surface area contributed by atoms with Gasteiger partial charge in [0.25, 0.3) is 0 Å². The molecule has 0 aliphatic carbocycles. The molecule has 0 fully saturated rings. The monoisotopic (exact) mass is 321 g/mol. The number of pyridine rings is 1. The first-order valence-electron chi connectivity index (χ1n) is 8.21. The molecule has 0 radical (unpaired) electrons. The van der Waals surface area contributed by atoms with Crippen LogP contribution >= 0.6 is 0 Å². The minimum Gasteiger partial charge on any atom is -0.346 e. The Morgan fingerprint density at radius 3 is 2.88 bits per heavy atom. The van der Waals surface area contributed by atoms with Gasteiger partial charge in [0.2, 0.25) is 5.91 Å². The molecule has 0 aliphatic rings. The summed E-state index contributed by atoms with van der Waals surface area (Å²) in [6.45, 7) is 6.25. The number of hydrogen-bond donors (Lipinski definition) is 1. The topological polar surface area (TPSA) is 49.0 Å². The molecular formula is C20H23N3O. The summed E-state index contributed by atoms with van der Waals surface area (Å²) in [4.78, 5) is 22.0. The van der Waals surface area contributed by atoms with Crippen LogP contribution in [0.3, 0.4) is 0 Å². The van der Waals surface area contributed by atoms with Crippen LogP contribution in [-0.2, 0) is 11.2 Å². The van der Waals surface area contributed by atoms with Gasteiger partial charge in [0, 0.05) is 24.8 Å². The molecule has 2 aromatic heterocycles. The SMILES string of the molecule is Cc1ccc(C)c(C(C)N(C)C(=O)Cc2c[nH]c3ncccc23)c1. The van der Waals surface area contributed by atoms with Crippen molar-refractivity contribution in [1.82, 2.24) is 14.9 Å². The lowest BCUT2D eigenvalue weighted by Gasteiger charge is -2.27. The van der Waals surface area contributed by atoms with Crippen molar-refractivity contribution in [2.24, 2.45) is 0 Å². The van der Waals surface area contributed by atoms with E-state index in [1.807, 2.05) is 30.3 Å². The lowest BCUT2D eigenvalue weighted by Crippen LogP contribution is -2.31. The van der Waals surface area contributed by atoms with Crippen LogP contribution in [0.2, 0.25) is 0 Å². The molecule has 1 unspecified atom stereocenters. The summed E-state index contributed by atoms with van der Waals surface area (Å²) in [6.07, 6.45) is 4.00. The van der Waals surface area contributed by atoms with Gasteiger partial charge in [-0.3, -0.25) is 4.79 Å². The summed E-state index contributed by atoms with van der Waals surface area (Å²) in [6, 6.07) is 10.3. The van der Waals surface area contributed by atoms with Gasteiger partial charge in [-0.2, -0.15) is 0 Å². The van der Waals surface area contributed by atoms with Gasteiger partial charge < -0.3 is 9.88 Å². The van der Waals surface area contributed by atoms with E-state index in [2.05, 4.69) is 48.9 Å². The zero-order valence-electron chi connectivity index (χ0n) is 14.6. The Kier molecular flexibility index (Phi) is 4.38. The molecule has 1 N–H and O–H groups in total. The molecule has 3 rings (SSSR count). The number of carbonyl (C=O) groups excluding carboxylic acids is 1. The number of benzene rings is 1. The molecule has 24 heavy (non-hydrogen) atoms. The van der Waals surface area contributed by atoms with E-state index in [1.54, 1.807) is 6.20 Å². The second-order valence-electron chi connectivity index (χ2n) is 6.43. The lowest BCUT2D eigenvalue weighted by atomic mass is 9.98. The molecule has 1 atom stereocenters. The minimum atomic E-state index is 0.0423. The Morgan fingerprint density at radius 2 is 2.08 bits per heavy atom. The van der Waals surface area contributed by atoms with Gasteiger partial charge in [-0.05, 0) is 49.6 Å². The second-order valence-corrected chi connectivity index (χ2v) is 6.43. The smallest absolute Gasteiger partial charge is 0.227 e. The molecule has 0 saturated heterocycles. The minimum absolute atomic E-state index is 0.0423. The fraction of sp³-hybridized carbons (Fsp3) is 0.300. The quantitative estimate of drug-likeness (QED) is 0.791. The van der Waals surface area contributed by atoms with Crippen molar-refractivity contribution in [2.75, 3.05) is 7.05 Å². The van der Waals surface area contributed by atoms with Crippen molar-refractivity contribution in [1.29, 1.82) is 0 Å². The molecule has 0 spiro atoms. The largest absolute Gasteiger partial charge is 0.346 e. The fourth-order valence-corrected chi connectivity index (χ4v) is 3.08. The molecule has 0 saturated carbocycles. The molecule has 0 aliphatic heterocycles. The average Bonchev–Trinajstić information content (AvgIpc) is 2.99. The van der Waals surface area contributed by atoms with Gasteiger partial charge in [-0.15, -0.1) is 0 Å². The van der Waals surface area contributed by atoms with E-state index in [0.717, 1.165) is 16.6 Å². The molecule has 124 valence electrons. The number of aromatic amines is 1. The normalized spacial score (nSPS) is 12.3. The second kappa shape index (κ2) is 6.48. The first-order valence-corrected chi connectivity index (χ1v) is 8.21. The number of rotatable bonds is 4. The van der Waals surface area contributed by atoms with Crippen LogP contribution in [0.1, 0.15) is 35.2 Å². The van der Waals surface area contributed by atoms with Gasteiger partial charge in [-0.25, -0.2) is 4.98 Å². The lowest BCUT2D eigenvalue weighted by molar-refractivity contribution is -0.131. The van der Waals surface area contributed by atoms with E-state index >= 15 is 0 Å². The van der Waals surface area contributed by atoms with Gasteiger partial charge in [0.1, 0.15) is 5.65 Å². The van der Waals surface area contributed by atoms with Crippen LogP contribution in [0.25, 0.3) is 11.0 Å². The number of amides is 1. The standard InChI is InChI=1S/C20H23N3O/c1-13-7-8-14(2)18(10-13)15(3)23(4)19(24)11-16-12-22-20-17(16)6-5-9-21-20/h5-10,12,15H,11H2,1-4H3,(H,21,22). The molecule has 1 aromatic carbocycles. The molecule has 0 bridgehead atoms. The Hall–Kier alpha value is -2.62. The number of aromatic nitrogens is 2. The predicted octanol–water partition coefficient (Wildman–Crippen LogP) is 3.94. The van der Waals surface area contributed by atoms with Crippen molar-refractivity contribution < 1.29 is 4.79 Å². The number of H-pyrrole nitrogens is 1. The first-order chi connectivity index (χ1) is 11.5.